The van der Waals surface area contributed by atoms with Crippen molar-refractivity contribution >= 4 is 11.3 Å². The van der Waals surface area contributed by atoms with Crippen LogP contribution in [-0.2, 0) is 6.42 Å². The van der Waals surface area contributed by atoms with Gasteiger partial charge in [0.15, 0.2) is 0 Å². The summed E-state index contributed by atoms with van der Waals surface area (Å²) in [5.41, 5.74) is 5.30. The van der Waals surface area contributed by atoms with Crippen molar-refractivity contribution in [1.82, 2.24) is 5.43 Å². The van der Waals surface area contributed by atoms with Crippen molar-refractivity contribution in [2.75, 3.05) is 6.61 Å². The Morgan fingerprint density at radius 2 is 2.16 bits per heavy atom. The summed E-state index contributed by atoms with van der Waals surface area (Å²) in [4.78, 5) is 0. The van der Waals surface area contributed by atoms with E-state index in [9.17, 15) is 0 Å². The van der Waals surface area contributed by atoms with Gasteiger partial charge in [0.1, 0.15) is 5.75 Å². The average Bonchev–Trinajstić information content (AvgIpc) is 2.96. The van der Waals surface area contributed by atoms with Crippen LogP contribution in [0.4, 0.5) is 0 Å². The Labute approximate surface area is 118 Å². The van der Waals surface area contributed by atoms with E-state index in [-0.39, 0.29) is 6.04 Å². The molecule has 1 unspecified atom stereocenters. The van der Waals surface area contributed by atoms with Gasteiger partial charge in [-0.25, -0.2) is 0 Å². The number of para-hydroxylation sites is 1. The van der Waals surface area contributed by atoms with Crippen LogP contribution >= 0.6 is 11.3 Å². The standard InChI is InChI=1S/C15H20N2OS/c1-2-8-18-15-6-4-3-5-13(15)14(17-16)10-12-7-9-19-11-12/h3-7,9,11,14,17H,2,8,10,16H2,1H3. The summed E-state index contributed by atoms with van der Waals surface area (Å²) in [6.07, 6.45) is 1.87. The third-order valence-corrected chi connectivity index (χ3v) is 3.71. The smallest absolute Gasteiger partial charge is 0.124 e. The van der Waals surface area contributed by atoms with Crippen molar-refractivity contribution < 1.29 is 4.74 Å². The highest BCUT2D eigenvalue weighted by Crippen LogP contribution is 2.27. The second-order valence-corrected chi connectivity index (χ2v) is 5.22. The second-order valence-electron chi connectivity index (χ2n) is 4.44. The summed E-state index contributed by atoms with van der Waals surface area (Å²) in [6.45, 7) is 2.83. The number of nitrogens with one attached hydrogen (secondary N) is 1. The topological polar surface area (TPSA) is 47.3 Å². The van der Waals surface area contributed by atoms with Gasteiger partial charge in [-0.15, -0.1) is 0 Å². The lowest BCUT2D eigenvalue weighted by Gasteiger charge is -2.19. The highest BCUT2D eigenvalue weighted by Gasteiger charge is 2.15. The zero-order valence-corrected chi connectivity index (χ0v) is 12.0. The Morgan fingerprint density at radius 1 is 1.32 bits per heavy atom. The minimum Gasteiger partial charge on any atom is -0.493 e. The maximum absolute atomic E-state index is 5.80. The Balaban J connectivity index is 2.17. The third kappa shape index (κ3) is 3.80. The Morgan fingerprint density at radius 3 is 2.84 bits per heavy atom. The molecule has 3 N–H and O–H groups in total. The van der Waals surface area contributed by atoms with Gasteiger partial charge in [-0.1, -0.05) is 25.1 Å². The first-order valence-corrected chi connectivity index (χ1v) is 7.48. The molecule has 0 aliphatic carbocycles. The van der Waals surface area contributed by atoms with Crippen LogP contribution in [-0.4, -0.2) is 6.61 Å². The molecule has 3 nitrogen and oxygen atoms in total. The lowest BCUT2D eigenvalue weighted by Crippen LogP contribution is -2.29. The molecule has 1 heterocycles. The molecular weight excluding hydrogens is 256 g/mol. The van der Waals surface area contributed by atoms with Crippen molar-refractivity contribution in [3.63, 3.8) is 0 Å². The highest BCUT2D eigenvalue weighted by atomic mass is 32.1. The number of rotatable bonds is 7. The predicted molar refractivity (Wildman–Crippen MR) is 80.3 cm³/mol. The molecule has 0 saturated carbocycles. The summed E-state index contributed by atoms with van der Waals surface area (Å²) >= 11 is 1.71. The van der Waals surface area contributed by atoms with Gasteiger partial charge < -0.3 is 4.74 Å². The van der Waals surface area contributed by atoms with Crippen molar-refractivity contribution in [2.45, 2.75) is 25.8 Å². The van der Waals surface area contributed by atoms with Crippen LogP contribution in [0.25, 0.3) is 0 Å². The molecule has 0 amide bonds. The molecular formula is C15H20N2OS. The Hall–Kier alpha value is -1.36. The monoisotopic (exact) mass is 276 g/mol. The Bertz CT molecular complexity index is 485. The maximum Gasteiger partial charge on any atom is 0.124 e. The highest BCUT2D eigenvalue weighted by molar-refractivity contribution is 7.07. The van der Waals surface area contributed by atoms with Crippen molar-refractivity contribution in [2.24, 2.45) is 5.84 Å². The van der Waals surface area contributed by atoms with Crippen molar-refractivity contribution in [3.8, 4) is 5.75 Å². The predicted octanol–water partition coefficient (Wildman–Crippen LogP) is 3.28. The summed E-state index contributed by atoms with van der Waals surface area (Å²) in [7, 11) is 0. The molecule has 0 aliphatic heterocycles. The van der Waals surface area contributed by atoms with E-state index in [1.807, 2.05) is 18.2 Å². The van der Waals surface area contributed by atoms with E-state index in [4.69, 9.17) is 10.6 Å². The Kier molecular flexibility index (Phi) is 5.39. The number of thiophene rings is 1. The van der Waals surface area contributed by atoms with Crippen molar-refractivity contribution in [3.05, 3.63) is 52.2 Å². The second kappa shape index (κ2) is 7.28. The number of hydrazine groups is 1. The van der Waals surface area contributed by atoms with E-state index < -0.39 is 0 Å². The summed E-state index contributed by atoms with van der Waals surface area (Å²) < 4.78 is 5.80. The molecule has 0 bridgehead atoms. The quantitative estimate of drug-likeness (QED) is 0.602. The van der Waals surface area contributed by atoms with E-state index in [2.05, 4.69) is 35.2 Å². The maximum atomic E-state index is 5.80. The van der Waals surface area contributed by atoms with Crippen LogP contribution in [0.15, 0.2) is 41.1 Å². The summed E-state index contributed by atoms with van der Waals surface area (Å²) in [5, 5.41) is 4.24. The summed E-state index contributed by atoms with van der Waals surface area (Å²) in [5.74, 6) is 6.64. The van der Waals surface area contributed by atoms with Crippen LogP contribution in [0.5, 0.6) is 5.75 Å². The lowest BCUT2D eigenvalue weighted by atomic mass is 10.0. The van der Waals surface area contributed by atoms with Crippen LogP contribution < -0.4 is 16.0 Å². The van der Waals surface area contributed by atoms with Gasteiger partial charge in [-0.2, -0.15) is 11.3 Å². The van der Waals surface area contributed by atoms with E-state index in [0.717, 1.165) is 30.8 Å². The molecule has 1 aromatic carbocycles. The van der Waals surface area contributed by atoms with E-state index in [1.54, 1.807) is 11.3 Å². The fourth-order valence-corrected chi connectivity index (χ4v) is 2.70. The number of hydrogen-bond donors (Lipinski definition) is 2. The van der Waals surface area contributed by atoms with Gasteiger partial charge in [0.05, 0.1) is 12.6 Å². The van der Waals surface area contributed by atoms with E-state index in [1.165, 1.54) is 5.56 Å². The first kappa shape index (κ1) is 14.1. The van der Waals surface area contributed by atoms with Gasteiger partial charge in [-0.3, -0.25) is 11.3 Å². The molecule has 0 saturated heterocycles. The number of ether oxygens (including phenoxy) is 1. The van der Waals surface area contributed by atoms with Crippen molar-refractivity contribution in [1.29, 1.82) is 0 Å². The van der Waals surface area contributed by atoms with Gasteiger partial charge in [0, 0.05) is 5.56 Å². The number of nitrogens with two attached hydrogens (primary N) is 1. The fourth-order valence-electron chi connectivity index (χ4n) is 2.02. The first-order valence-electron chi connectivity index (χ1n) is 6.54. The van der Waals surface area contributed by atoms with Gasteiger partial charge in [0.25, 0.3) is 0 Å². The van der Waals surface area contributed by atoms with Gasteiger partial charge >= 0.3 is 0 Å². The number of benzene rings is 1. The normalized spacial score (nSPS) is 12.3. The largest absolute Gasteiger partial charge is 0.493 e. The SMILES string of the molecule is CCCOc1ccccc1C(Cc1ccsc1)NN. The third-order valence-electron chi connectivity index (χ3n) is 2.98. The molecule has 102 valence electrons. The van der Waals surface area contributed by atoms with Gasteiger partial charge in [0.2, 0.25) is 0 Å². The van der Waals surface area contributed by atoms with Crippen LogP contribution in [0.2, 0.25) is 0 Å². The van der Waals surface area contributed by atoms with Crippen LogP contribution in [0.1, 0.15) is 30.5 Å². The fraction of sp³-hybridized carbons (Fsp3) is 0.333. The minimum atomic E-state index is 0.0719. The average molecular weight is 276 g/mol. The molecule has 2 rings (SSSR count). The molecule has 0 fully saturated rings. The lowest BCUT2D eigenvalue weighted by molar-refractivity contribution is 0.310. The molecule has 0 radical (unpaired) electrons. The molecule has 0 spiro atoms. The molecule has 2 aromatic rings. The molecule has 19 heavy (non-hydrogen) atoms. The minimum absolute atomic E-state index is 0.0719. The van der Waals surface area contributed by atoms with E-state index in [0.29, 0.717) is 0 Å². The first-order chi connectivity index (χ1) is 9.35. The number of hydrogen-bond acceptors (Lipinski definition) is 4. The molecule has 0 aliphatic rings. The molecule has 4 heteroatoms. The zero-order chi connectivity index (χ0) is 13.5. The molecule has 1 aromatic heterocycles. The van der Waals surface area contributed by atoms with Crippen LogP contribution in [0.3, 0.4) is 0 Å². The van der Waals surface area contributed by atoms with Crippen LogP contribution in [0, 0.1) is 0 Å². The van der Waals surface area contributed by atoms with Gasteiger partial charge in [-0.05, 0) is 41.3 Å². The molecule has 1 atom stereocenters. The van der Waals surface area contributed by atoms with E-state index >= 15 is 0 Å². The summed E-state index contributed by atoms with van der Waals surface area (Å²) in [6, 6.07) is 10.3. The zero-order valence-electron chi connectivity index (χ0n) is 11.1.